The molecule has 0 aromatic heterocycles. The Labute approximate surface area is 110 Å². The van der Waals surface area contributed by atoms with E-state index in [-0.39, 0.29) is 0 Å². The second-order valence-corrected chi connectivity index (χ2v) is 5.07. The zero-order valence-electron chi connectivity index (χ0n) is 10.3. The predicted molar refractivity (Wildman–Crippen MR) is 70.9 cm³/mol. The number of hydrogen-bond acceptors (Lipinski definition) is 2. The van der Waals surface area contributed by atoms with Crippen LogP contribution in [0.5, 0.6) is 0 Å². The fourth-order valence-corrected chi connectivity index (χ4v) is 2.15. The van der Waals surface area contributed by atoms with Gasteiger partial charge in [0.25, 0.3) is 0 Å². The molecule has 0 saturated carbocycles. The van der Waals surface area contributed by atoms with Gasteiger partial charge in [-0.15, -0.1) is 0 Å². The summed E-state index contributed by atoms with van der Waals surface area (Å²) in [6, 6.07) is 8.16. The molecule has 102 valence electrons. The quantitative estimate of drug-likeness (QED) is 0.755. The number of rotatable bonds is 7. The Bertz CT molecular complexity index is 327. The van der Waals surface area contributed by atoms with E-state index in [1.807, 2.05) is 12.3 Å². The molecule has 0 heterocycles. The zero-order chi connectivity index (χ0) is 13.4. The Morgan fingerprint density at radius 2 is 1.89 bits per heavy atom. The number of alkyl halides is 3. The molecule has 0 aliphatic rings. The van der Waals surface area contributed by atoms with E-state index in [0.29, 0.717) is 12.1 Å². The van der Waals surface area contributed by atoms with Gasteiger partial charge in [-0.2, -0.15) is 24.9 Å². The molecule has 18 heavy (non-hydrogen) atoms. The minimum atomic E-state index is -4.15. The molecule has 0 spiro atoms. The first kappa shape index (κ1) is 15.4. The van der Waals surface area contributed by atoms with Crippen LogP contribution in [-0.2, 0) is 0 Å². The highest BCUT2D eigenvalue weighted by molar-refractivity contribution is 7.98. The van der Waals surface area contributed by atoms with Crippen molar-refractivity contribution in [1.29, 1.82) is 0 Å². The molecular weight excluding hydrogens is 259 g/mol. The molecule has 1 aromatic rings. The van der Waals surface area contributed by atoms with E-state index in [1.54, 1.807) is 36.0 Å². The number of nitrogens with one attached hydrogen (secondary N) is 1. The van der Waals surface area contributed by atoms with Gasteiger partial charge in [0.1, 0.15) is 0 Å². The van der Waals surface area contributed by atoms with Gasteiger partial charge in [-0.1, -0.05) is 30.3 Å². The van der Waals surface area contributed by atoms with Gasteiger partial charge in [0.05, 0.1) is 6.42 Å². The van der Waals surface area contributed by atoms with Crippen LogP contribution in [0.1, 0.15) is 24.4 Å². The van der Waals surface area contributed by atoms with Crippen molar-refractivity contribution >= 4 is 11.8 Å². The lowest BCUT2D eigenvalue weighted by Crippen LogP contribution is -2.27. The van der Waals surface area contributed by atoms with Crippen molar-refractivity contribution in [1.82, 2.24) is 5.32 Å². The lowest BCUT2D eigenvalue weighted by molar-refractivity contribution is -0.140. The summed E-state index contributed by atoms with van der Waals surface area (Å²) in [5.41, 5.74) is 0.693. The number of halogens is 3. The molecule has 1 rings (SSSR count). The fourth-order valence-electron chi connectivity index (χ4n) is 1.72. The summed E-state index contributed by atoms with van der Waals surface area (Å²) in [4.78, 5) is 0. The zero-order valence-corrected chi connectivity index (χ0v) is 11.2. The fraction of sp³-hybridized carbons (Fsp3) is 0.538. The molecule has 5 heteroatoms. The van der Waals surface area contributed by atoms with Crippen LogP contribution in [0.15, 0.2) is 30.3 Å². The molecule has 1 aromatic carbocycles. The van der Waals surface area contributed by atoms with Gasteiger partial charge < -0.3 is 5.32 Å². The van der Waals surface area contributed by atoms with E-state index >= 15 is 0 Å². The summed E-state index contributed by atoms with van der Waals surface area (Å²) < 4.78 is 37.6. The smallest absolute Gasteiger partial charge is 0.310 e. The second kappa shape index (κ2) is 7.69. The summed E-state index contributed by atoms with van der Waals surface area (Å²) in [5.74, 6) is 0.959. The lowest BCUT2D eigenvalue weighted by atomic mass is 10.0. The first-order valence-electron chi connectivity index (χ1n) is 5.87. The summed E-state index contributed by atoms with van der Waals surface area (Å²) in [6.07, 6.45) is -2.10. The monoisotopic (exact) mass is 277 g/mol. The van der Waals surface area contributed by atoms with Crippen LogP contribution in [0.2, 0.25) is 0 Å². The molecule has 1 nitrogen and oxygen atoms in total. The molecule has 0 amide bonds. The van der Waals surface area contributed by atoms with Gasteiger partial charge in [-0.25, -0.2) is 0 Å². The van der Waals surface area contributed by atoms with Gasteiger partial charge in [0, 0.05) is 6.04 Å². The molecule has 1 N–H and O–H groups in total. The van der Waals surface area contributed by atoms with Gasteiger partial charge >= 0.3 is 6.18 Å². The Kier molecular flexibility index (Phi) is 6.57. The van der Waals surface area contributed by atoms with Crippen molar-refractivity contribution < 1.29 is 13.2 Å². The molecule has 1 unspecified atom stereocenters. The third-order valence-electron chi connectivity index (χ3n) is 2.55. The van der Waals surface area contributed by atoms with E-state index in [0.717, 1.165) is 12.2 Å². The maximum absolute atomic E-state index is 12.5. The van der Waals surface area contributed by atoms with Crippen LogP contribution >= 0.6 is 11.8 Å². The molecule has 0 aliphatic heterocycles. The van der Waals surface area contributed by atoms with Gasteiger partial charge in [0.15, 0.2) is 0 Å². The third kappa shape index (κ3) is 6.31. The van der Waals surface area contributed by atoms with Crippen LogP contribution in [0.3, 0.4) is 0 Å². The SMILES string of the molecule is CSCCCNC(CC(F)(F)F)c1ccccc1. The highest BCUT2D eigenvalue weighted by Crippen LogP contribution is 2.29. The molecule has 0 fully saturated rings. The molecule has 0 bridgehead atoms. The highest BCUT2D eigenvalue weighted by Gasteiger charge is 2.32. The van der Waals surface area contributed by atoms with Crippen LogP contribution in [0, 0.1) is 0 Å². The van der Waals surface area contributed by atoms with E-state index in [9.17, 15) is 13.2 Å². The average molecular weight is 277 g/mol. The first-order chi connectivity index (χ1) is 8.53. The van der Waals surface area contributed by atoms with E-state index < -0.39 is 18.6 Å². The van der Waals surface area contributed by atoms with E-state index in [2.05, 4.69) is 5.32 Å². The van der Waals surface area contributed by atoms with Crippen molar-refractivity contribution in [3.63, 3.8) is 0 Å². The van der Waals surface area contributed by atoms with Crippen LogP contribution in [-0.4, -0.2) is 24.7 Å². The van der Waals surface area contributed by atoms with Crippen molar-refractivity contribution in [2.75, 3.05) is 18.6 Å². The molecule has 0 saturated heterocycles. The van der Waals surface area contributed by atoms with Gasteiger partial charge in [-0.05, 0) is 30.5 Å². The van der Waals surface area contributed by atoms with Crippen LogP contribution in [0.25, 0.3) is 0 Å². The van der Waals surface area contributed by atoms with Crippen LogP contribution < -0.4 is 5.32 Å². The second-order valence-electron chi connectivity index (χ2n) is 4.08. The van der Waals surface area contributed by atoms with Crippen molar-refractivity contribution in [3.05, 3.63) is 35.9 Å². The molecule has 1 atom stereocenters. The Balaban J connectivity index is 2.58. The highest BCUT2D eigenvalue weighted by atomic mass is 32.2. The van der Waals surface area contributed by atoms with Crippen molar-refractivity contribution in [2.45, 2.75) is 25.1 Å². The summed E-state index contributed by atoms with van der Waals surface area (Å²) in [5, 5.41) is 2.99. The number of thioether (sulfide) groups is 1. The molecule has 0 aliphatic carbocycles. The molecule has 0 radical (unpaired) electrons. The number of benzene rings is 1. The maximum Gasteiger partial charge on any atom is 0.390 e. The van der Waals surface area contributed by atoms with Gasteiger partial charge in [-0.3, -0.25) is 0 Å². The standard InChI is InChI=1S/C13H18F3NS/c1-18-9-5-8-17-12(10-13(14,15)16)11-6-3-2-4-7-11/h2-4,6-7,12,17H,5,8-10H2,1H3. The predicted octanol–water partition coefficient (Wildman–Crippen LogP) is 4.02. The Hall–Kier alpha value is -0.680. The minimum absolute atomic E-state index is 0.608. The summed E-state index contributed by atoms with van der Waals surface area (Å²) in [6.45, 7) is 0.608. The summed E-state index contributed by atoms with van der Waals surface area (Å²) >= 11 is 1.70. The third-order valence-corrected chi connectivity index (χ3v) is 3.25. The van der Waals surface area contributed by atoms with E-state index in [1.165, 1.54) is 0 Å². The topological polar surface area (TPSA) is 12.0 Å². The van der Waals surface area contributed by atoms with Crippen molar-refractivity contribution in [3.8, 4) is 0 Å². The Morgan fingerprint density at radius 3 is 2.44 bits per heavy atom. The van der Waals surface area contributed by atoms with Crippen LogP contribution in [0.4, 0.5) is 13.2 Å². The first-order valence-corrected chi connectivity index (χ1v) is 7.26. The molecular formula is C13H18F3NS. The largest absolute Gasteiger partial charge is 0.390 e. The average Bonchev–Trinajstić information content (AvgIpc) is 2.33. The minimum Gasteiger partial charge on any atom is -0.310 e. The van der Waals surface area contributed by atoms with Gasteiger partial charge in [0.2, 0.25) is 0 Å². The number of hydrogen-bond donors (Lipinski definition) is 1. The Morgan fingerprint density at radius 1 is 1.22 bits per heavy atom. The van der Waals surface area contributed by atoms with Crippen molar-refractivity contribution in [2.24, 2.45) is 0 Å². The maximum atomic E-state index is 12.5. The normalized spacial score (nSPS) is 13.6. The van der Waals surface area contributed by atoms with E-state index in [4.69, 9.17) is 0 Å². The lowest BCUT2D eigenvalue weighted by Gasteiger charge is -2.20. The summed E-state index contributed by atoms with van der Waals surface area (Å²) in [7, 11) is 0.